The summed E-state index contributed by atoms with van der Waals surface area (Å²) in [6.45, 7) is 12.1. The predicted molar refractivity (Wildman–Crippen MR) is 114 cm³/mol. The highest BCUT2D eigenvalue weighted by molar-refractivity contribution is 5.48. The van der Waals surface area contributed by atoms with E-state index in [-0.39, 0.29) is 16.9 Å². The Morgan fingerprint density at radius 3 is 2.61 bits per heavy atom. The maximum absolute atomic E-state index is 10.5. The molecule has 1 N–H and O–H groups in total. The molecule has 2 bridgehead atoms. The van der Waals surface area contributed by atoms with Crippen LogP contribution in [0.2, 0.25) is 0 Å². The van der Waals surface area contributed by atoms with Crippen LogP contribution < -0.4 is 0 Å². The molecule has 28 heavy (non-hydrogen) atoms. The summed E-state index contributed by atoms with van der Waals surface area (Å²) in [6.07, 6.45) is 2.19. The molecule has 1 aliphatic heterocycles. The first-order valence-electron chi connectivity index (χ1n) is 10.5. The van der Waals surface area contributed by atoms with Crippen LogP contribution >= 0.6 is 0 Å². The van der Waals surface area contributed by atoms with Crippen LogP contribution in [0, 0.1) is 5.41 Å². The number of ether oxygens (including phenoxy) is 1. The van der Waals surface area contributed by atoms with Gasteiger partial charge >= 0.3 is 0 Å². The fourth-order valence-electron chi connectivity index (χ4n) is 5.45. The van der Waals surface area contributed by atoms with Crippen molar-refractivity contribution in [1.82, 2.24) is 4.90 Å². The molecule has 3 heteroatoms. The van der Waals surface area contributed by atoms with E-state index in [9.17, 15) is 5.11 Å². The second kappa shape index (κ2) is 7.20. The minimum absolute atomic E-state index is 0.0919. The lowest BCUT2D eigenvalue weighted by atomic mass is 9.51. The van der Waals surface area contributed by atoms with Crippen molar-refractivity contribution in [2.45, 2.75) is 64.7 Å². The number of rotatable bonds is 5. The van der Waals surface area contributed by atoms with Gasteiger partial charge in [-0.1, -0.05) is 63.2 Å². The van der Waals surface area contributed by atoms with E-state index in [0.29, 0.717) is 18.4 Å². The molecule has 2 aromatic carbocycles. The van der Waals surface area contributed by atoms with E-state index in [4.69, 9.17) is 4.74 Å². The van der Waals surface area contributed by atoms with Crippen LogP contribution in [0.3, 0.4) is 0 Å². The molecule has 1 fully saturated rings. The summed E-state index contributed by atoms with van der Waals surface area (Å²) in [5.74, 6) is 0.458. The summed E-state index contributed by atoms with van der Waals surface area (Å²) in [4.78, 5) is 2.60. The van der Waals surface area contributed by atoms with Crippen molar-refractivity contribution in [2.75, 3.05) is 13.1 Å². The van der Waals surface area contributed by atoms with Crippen molar-refractivity contribution in [3.63, 3.8) is 0 Å². The van der Waals surface area contributed by atoms with Crippen LogP contribution in [0.5, 0.6) is 5.75 Å². The largest absolute Gasteiger partial charge is 0.508 e. The summed E-state index contributed by atoms with van der Waals surface area (Å²) >= 11 is 0. The Morgan fingerprint density at radius 2 is 1.86 bits per heavy atom. The SMILES string of the molecule is C[C@H](CN1CC[C@]2(C)c3cccc(O)c3C[C@@H]1C2(C)C)OCc1ccccc1. The van der Waals surface area contributed by atoms with Crippen molar-refractivity contribution in [3.8, 4) is 5.75 Å². The summed E-state index contributed by atoms with van der Waals surface area (Å²) in [6, 6.07) is 16.9. The first-order chi connectivity index (χ1) is 13.3. The third kappa shape index (κ3) is 3.15. The van der Waals surface area contributed by atoms with Gasteiger partial charge in [-0.3, -0.25) is 4.90 Å². The first kappa shape index (κ1) is 19.5. The molecule has 0 saturated carbocycles. The highest BCUT2D eigenvalue weighted by atomic mass is 16.5. The molecule has 4 rings (SSSR count). The second-order valence-corrected chi connectivity index (χ2v) is 9.43. The molecule has 0 aromatic heterocycles. The molecule has 2 aromatic rings. The Balaban J connectivity index is 1.51. The average molecular weight is 380 g/mol. The number of piperidine rings is 1. The van der Waals surface area contributed by atoms with Gasteiger partial charge in [0, 0.05) is 18.0 Å². The Kier molecular flexibility index (Phi) is 5.01. The molecule has 150 valence electrons. The lowest BCUT2D eigenvalue weighted by Crippen LogP contribution is -2.64. The van der Waals surface area contributed by atoms with Gasteiger partial charge in [-0.05, 0) is 54.5 Å². The van der Waals surface area contributed by atoms with E-state index in [1.165, 1.54) is 11.1 Å². The Morgan fingerprint density at radius 1 is 1.11 bits per heavy atom. The standard InChI is InChI=1S/C25H33NO2/c1-18(28-17-19-9-6-5-7-10-19)16-26-14-13-25(4)21-11-8-12-22(27)20(21)15-23(26)24(25,2)3/h5-12,18,23,27H,13-17H2,1-4H3/t18-,23-,25-/m1/s1. The van der Waals surface area contributed by atoms with Gasteiger partial charge in [-0.15, -0.1) is 0 Å². The minimum Gasteiger partial charge on any atom is -0.508 e. The molecule has 0 spiro atoms. The Hall–Kier alpha value is -1.84. The Bertz CT molecular complexity index is 832. The molecule has 0 unspecified atom stereocenters. The number of aromatic hydroxyl groups is 1. The van der Waals surface area contributed by atoms with E-state index >= 15 is 0 Å². The quantitative estimate of drug-likeness (QED) is 0.801. The smallest absolute Gasteiger partial charge is 0.119 e. The molecule has 1 aliphatic carbocycles. The number of phenolic OH excluding ortho intramolecular Hbond substituents is 1. The van der Waals surface area contributed by atoms with E-state index < -0.39 is 0 Å². The third-order valence-electron chi connectivity index (χ3n) is 7.61. The van der Waals surface area contributed by atoms with Gasteiger partial charge in [0.25, 0.3) is 0 Å². The van der Waals surface area contributed by atoms with Crippen molar-refractivity contribution in [3.05, 3.63) is 65.2 Å². The van der Waals surface area contributed by atoms with Crippen LogP contribution in [0.4, 0.5) is 0 Å². The number of phenols is 1. The van der Waals surface area contributed by atoms with Crippen LogP contribution in [-0.4, -0.2) is 35.2 Å². The maximum Gasteiger partial charge on any atom is 0.119 e. The normalized spacial score (nSPS) is 27.2. The van der Waals surface area contributed by atoms with E-state index in [2.05, 4.69) is 62.9 Å². The van der Waals surface area contributed by atoms with Crippen LogP contribution in [-0.2, 0) is 23.2 Å². The maximum atomic E-state index is 10.5. The monoisotopic (exact) mass is 379 g/mol. The number of benzene rings is 2. The van der Waals surface area contributed by atoms with Gasteiger partial charge in [0.2, 0.25) is 0 Å². The zero-order valence-corrected chi connectivity index (χ0v) is 17.6. The van der Waals surface area contributed by atoms with Gasteiger partial charge in [0.15, 0.2) is 0 Å². The van der Waals surface area contributed by atoms with E-state index in [1.54, 1.807) is 0 Å². The molecule has 3 nitrogen and oxygen atoms in total. The van der Waals surface area contributed by atoms with Gasteiger partial charge in [0.05, 0.1) is 12.7 Å². The lowest BCUT2D eigenvalue weighted by Gasteiger charge is -2.61. The fourth-order valence-corrected chi connectivity index (χ4v) is 5.45. The zero-order chi connectivity index (χ0) is 19.9. The van der Waals surface area contributed by atoms with Crippen molar-refractivity contribution in [2.24, 2.45) is 5.41 Å². The summed E-state index contributed by atoms with van der Waals surface area (Å²) in [5, 5.41) is 10.5. The molecule has 1 saturated heterocycles. The minimum atomic E-state index is 0.0919. The molecule has 2 aliphatic rings. The predicted octanol–water partition coefficient (Wildman–Crippen LogP) is 4.91. The fraction of sp³-hybridized carbons (Fsp3) is 0.520. The van der Waals surface area contributed by atoms with Crippen LogP contribution in [0.25, 0.3) is 0 Å². The highest BCUT2D eigenvalue weighted by Crippen LogP contribution is 2.57. The summed E-state index contributed by atoms with van der Waals surface area (Å²) in [7, 11) is 0. The average Bonchev–Trinajstić information content (AvgIpc) is 2.67. The van der Waals surface area contributed by atoms with Crippen molar-refractivity contribution in [1.29, 1.82) is 0 Å². The van der Waals surface area contributed by atoms with E-state index in [1.807, 2.05) is 18.2 Å². The third-order valence-corrected chi connectivity index (χ3v) is 7.61. The number of nitrogens with zero attached hydrogens (tertiary/aromatic N) is 1. The molecule has 0 radical (unpaired) electrons. The van der Waals surface area contributed by atoms with Crippen molar-refractivity contribution >= 4 is 0 Å². The van der Waals surface area contributed by atoms with Crippen LogP contribution in [0.1, 0.15) is 50.8 Å². The van der Waals surface area contributed by atoms with E-state index in [0.717, 1.165) is 31.5 Å². The second-order valence-electron chi connectivity index (χ2n) is 9.43. The molecular formula is C25H33NO2. The number of likely N-dealkylation sites (tertiary alicyclic amines) is 1. The van der Waals surface area contributed by atoms with Crippen LogP contribution in [0.15, 0.2) is 48.5 Å². The molecule has 0 amide bonds. The number of hydrogen-bond acceptors (Lipinski definition) is 3. The zero-order valence-electron chi connectivity index (χ0n) is 17.6. The first-order valence-corrected chi connectivity index (χ1v) is 10.5. The summed E-state index contributed by atoms with van der Waals surface area (Å²) < 4.78 is 6.16. The highest BCUT2D eigenvalue weighted by Gasteiger charge is 2.56. The topological polar surface area (TPSA) is 32.7 Å². The molecule has 1 heterocycles. The summed E-state index contributed by atoms with van der Waals surface area (Å²) in [5.41, 5.74) is 3.95. The van der Waals surface area contributed by atoms with Gasteiger partial charge < -0.3 is 9.84 Å². The molecule has 3 atom stereocenters. The van der Waals surface area contributed by atoms with Gasteiger partial charge in [-0.25, -0.2) is 0 Å². The van der Waals surface area contributed by atoms with Gasteiger partial charge in [-0.2, -0.15) is 0 Å². The van der Waals surface area contributed by atoms with Crippen molar-refractivity contribution < 1.29 is 9.84 Å². The lowest BCUT2D eigenvalue weighted by molar-refractivity contribution is -0.0651. The number of hydrogen-bond donors (Lipinski definition) is 1. The Labute approximate surface area is 169 Å². The molecular weight excluding hydrogens is 346 g/mol. The van der Waals surface area contributed by atoms with Gasteiger partial charge in [0.1, 0.15) is 5.75 Å². The number of fused-ring (bicyclic) bond motifs is 4.